The van der Waals surface area contributed by atoms with Gasteiger partial charge in [0.05, 0.1) is 0 Å². The first-order chi connectivity index (χ1) is 7.83. The normalized spacial score (nSPS) is 31.9. The molecule has 3 rings (SSSR count). The lowest BCUT2D eigenvalue weighted by atomic mass is 9.84. The molecule has 2 aliphatic heterocycles. The van der Waals surface area contributed by atoms with E-state index in [0.29, 0.717) is 24.3 Å². The van der Waals surface area contributed by atoms with E-state index in [1.54, 1.807) is 12.4 Å². The molecule has 0 saturated carbocycles. The summed E-state index contributed by atoms with van der Waals surface area (Å²) in [6.07, 6.45) is 7.55. The number of fused-ring (bicyclic) bond motifs is 2. The molecule has 16 heavy (non-hydrogen) atoms. The summed E-state index contributed by atoms with van der Waals surface area (Å²) in [5.74, 6) is 0.631. The van der Waals surface area contributed by atoms with Gasteiger partial charge in [0, 0.05) is 36.8 Å². The highest BCUT2D eigenvalue weighted by molar-refractivity contribution is 5.84. The van der Waals surface area contributed by atoms with Gasteiger partial charge >= 0.3 is 0 Å². The second kappa shape index (κ2) is 3.98. The van der Waals surface area contributed by atoms with Crippen LogP contribution in [0.5, 0.6) is 0 Å². The second-order valence-electron chi connectivity index (χ2n) is 4.89. The maximum absolute atomic E-state index is 12.1. The summed E-state index contributed by atoms with van der Waals surface area (Å²) < 4.78 is 0. The van der Waals surface area contributed by atoms with E-state index in [1.807, 2.05) is 12.1 Å². The van der Waals surface area contributed by atoms with Crippen LogP contribution in [-0.4, -0.2) is 22.9 Å². The molecule has 2 aliphatic rings. The number of nitrogens with zero attached hydrogens (tertiary/aromatic N) is 1. The molecule has 3 heterocycles. The van der Waals surface area contributed by atoms with Crippen LogP contribution in [0.3, 0.4) is 0 Å². The van der Waals surface area contributed by atoms with Crippen LogP contribution >= 0.6 is 0 Å². The van der Waals surface area contributed by atoms with E-state index >= 15 is 0 Å². The average molecular weight is 216 g/mol. The van der Waals surface area contributed by atoms with Crippen molar-refractivity contribution < 1.29 is 4.79 Å². The fourth-order valence-corrected chi connectivity index (χ4v) is 3.01. The SMILES string of the molecule is O=C(Cc1cccnc1)C1CC2CCC1N2. The Morgan fingerprint density at radius 1 is 1.50 bits per heavy atom. The van der Waals surface area contributed by atoms with Crippen LogP contribution in [0.25, 0.3) is 0 Å². The van der Waals surface area contributed by atoms with Crippen molar-refractivity contribution in [2.75, 3.05) is 0 Å². The van der Waals surface area contributed by atoms with Crippen LogP contribution in [0.15, 0.2) is 24.5 Å². The molecule has 1 aromatic rings. The number of hydrogen-bond donors (Lipinski definition) is 1. The number of carbonyl (C=O) groups excluding carboxylic acids is 1. The number of nitrogens with one attached hydrogen (secondary N) is 1. The molecule has 2 bridgehead atoms. The van der Waals surface area contributed by atoms with Gasteiger partial charge in [-0.25, -0.2) is 0 Å². The minimum absolute atomic E-state index is 0.249. The first-order valence-electron chi connectivity index (χ1n) is 6.00. The van der Waals surface area contributed by atoms with E-state index in [9.17, 15) is 4.79 Å². The van der Waals surface area contributed by atoms with Crippen molar-refractivity contribution in [1.82, 2.24) is 10.3 Å². The molecule has 3 unspecified atom stereocenters. The predicted molar refractivity (Wildman–Crippen MR) is 61.0 cm³/mol. The molecule has 1 aromatic heterocycles. The van der Waals surface area contributed by atoms with Gasteiger partial charge in [0.25, 0.3) is 0 Å². The molecule has 2 fully saturated rings. The van der Waals surface area contributed by atoms with Crippen molar-refractivity contribution in [3.63, 3.8) is 0 Å². The molecule has 3 nitrogen and oxygen atoms in total. The Hall–Kier alpha value is -1.22. The number of hydrogen-bond acceptors (Lipinski definition) is 3. The first-order valence-corrected chi connectivity index (χ1v) is 6.00. The Kier molecular flexibility index (Phi) is 2.48. The highest BCUT2D eigenvalue weighted by atomic mass is 16.1. The molecule has 0 aromatic carbocycles. The number of Topliss-reactive ketones (excluding diaryl/α,β-unsaturated/α-hetero) is 1. The first kappa shape index (κ1) is 9.97. The van der Waals surface area contributed by atoms with Crippen molar-refractivity contribution in [3.8, 4) is 0 Å². The molecule has 2 saturated heterocycles. The summed E-state index contributed by atoms with van der Waals surface area (Å²) >= 11 is 0. The third-order valence-corrected chi connectivity index (χ3v) is 3.81. The Balaban J connectivity index is 1.66. The molecule has 0 amide bonds. The lowest BCUT2D eigenvalue weighted by Crippen LogP contribution is -2.29. The largest absolute Gasteiger partial charge is 0.310 e. The standard InChI is InChI=1S/C13H16N2O/c16-13(6-9-2-1-5-14-8-9)11-7-10-3-4-12(11)15-10/h1-2,5,8,10-12,15H,3-4,6-7H2. The van der Waals surface area contributed by atoms with Crippen LogP contribution < -0.4 is 5.32 Å². The molecule has 0 radical (unpaired) electrons. The minimum atomic E-state index is 0.249. The highest BCUT2D eigenvalue weighted by Gasteiger charge is 2.42. The maximum atomic E-state index is 12.1. The molecule has 1 N–H and O–H groups in total. The number of ketones is 1. The van der Waals surface area contributed by atoms with Crippen molar-refractivity contribution >= 4 is 5.78 Å². The Morgan fingerprint density at radius 3 is 3.06 bits per heavy atom. The quantitative estimate of drug-likeness (QED) is 0.829. The van der Waals surface area contributed by atoms with Gasteiger partial charge in [-0.15, -0.1) is 0 Å². The van der Waals surface area contributed by atoms with Gasteiger partial charge in [0.1, 0.15) is 5.78 Å². The Morgan fingerprint density at radius 2 is 2.44 bits per heavy atom. The molecule has 0 spiro atoms. The number of carbonyl (C=O) groups is 1. The molecule has 0 aliphatic carbocycles. The summed E-state index contributed by atoms with van der Waals surface area (Å²) in [6.45, 7) is 0. The van der Waals surface area contributed by atoms with Crippen LogP contribution in [0.4, 0.5) is 0 Å². The Labute approximate surface area is 95.3 Å². The van der Waals surface area contributed by atoms with Gasteiger partial charge in [-0.2, -0.15) is 0 Å². The van der Waals surface area contributed by atoms with E-state index in [-0.39, 0.29) is 5.92 Å². The summed E-state index contributed by atoms with van der Waals surface area (Å²) in [6, 6.07) is 4.93. The molecule has 84 valence electrons. The van der Waals surface area contributed by atoms with Crippen LogP contribution in [0.2, 0.25) is 0 Å². The van der Waals surface area contributed by atoms with Gasteiger partial charge in [-0.3, -0.25) is 9.78 Å². The fraction of sp³-hybridized carbons (Fsp3) is 0.538. The van der Waals surface area contributed by atoms with Gasteiger partial charge in [0.2, 0.25) is 0 Å². The minimum Gasteiger partial charge on any atom is -0.310 e. The monoisotopic (exact) mass is 216 g/mol. The zero-order chi connectivity index (χ0) is 11.0. The summed E-state index contributed by atoms with van der Waals surface area (Å²) in [4.78, 5) is 16.2. The van der Waals surface area contributed by atoms with Gasteiger partial charge in [-0.1, -0.05) is 6.07 Å². The van der Waals surface area contributed by atoms with E-state index in [2.05, 4.69) is 10.3 Å². The molecule has 3 heteroatoms. The lowest BCUT2D eigenvalue weighted by molar-refractivity contribution is -0.122. The van der Waals surface area contributed by atoms with Crippen molar-refractivity contribution in [1.29, 1.82) is 0 Å². The molecule has 3 atom stereocenters. The zero-order valence-electron chi connectivity index (χ0n) is 9.23. The van der Waals surface area contributed by atoms with E-state index in [1.165, 1.54) is 12.8 Å². The van der Waals surface area contributed by atoms with Crippen molar-refractivity contribution in [3.05, 3.63) is 30.1 Å². The average Bonchev–Trinajstić information content (AvgIpc) is 2.92. The maximum Gasteiger partial charge on any atom is 0.142 e. The van der Waals surface area contributed by atoms with Gasteiger partial charge in [-0.05, 0) is 30.9 Å². The van der Waals surface area contributed by atoms with Crippen LogP contribution in [0, 0.1) is 5.92 Å². The number of aromatic nitrogens is 1. The van der Waals surface area contributed by atoms with E-state index < -0.39 is 0 Å². The Bertz CT molecular complexity index is 390. The summed E-state index contributed by atoms with van der Waals surface area (Å²) in [5.41, 5.74) is 1.04. The molecular weight excluding hydrogens is 200 g/mol. The second-order valence-corrected chi connectivity index (χ2v) is 4.89. The number of rotatable bonds is 3. The molecular formula is C13H16N2O. The van der Waals surface area contributed by atoms with Gasteiger partial charge in [0.15, 0.2) is 0 Å². The van der Waals surface area contributed by atoms with E-state index in [4.69, 9.17) is 0 Å². The lowest BCUT2D eigenvalue weighted by Gasteiger charge is -2.18. The third kappa shape index (κ3) is 1.76. The third-order valence-electron chi connectivity index (χ3n) is 3.81. The smallest absolute Gasteiger partial charge is 0.142 e. The zero-order valence-corrected chi connectivity index (χ0v) is 9.23. The number of pyridine rings is 1. The predicted octanol–water partition coefficient (Wildman–Crippen LogP) is 1.33. The van der Waals surface area contributed by atoms with Crippen molar-refractivity contribution in [2.24, 2.45) is 5.92 Å². The highest BCUT2D eigenvalue weighted by Crippen LogP contribution is 2.34. The van der Waals surface area contributed by atoms with Crippen LogP contribution in [-0.2, 0) is 11.2 Å². The summed E-state index contributed by atoms with van der Waals surface area (Å²) in [7, 11) is 0. The van der Waals surface area contributed by atoms with Crippen LogP contribution in [0.1, 0.15) is 24.8 Å². The van der Waals surface area contributed by atoms with Gasteiger partial charge < -0.3 is 5.32 Å². The van der Waals surface area contributed by atoms with Crippen molar-refractivity contribution in [2.45, 2.75) is 37.8 Å². The topological polar surface area (TPSA) is 42.0 Å². The summed E-state index contributed by atoms with van der Waals surface area (Å²) in [5, 5.41) is 3.51. The fourth-order valence-electron chi connectivity index (χ4n) is 3.01. The van der Waals surface area contributed by atoms with E-state index in [0.717, 1.165) is 12.0 Å².